The van der Waals surface area contributed by atoms with E-state index in [0.29, 0.717) is 5.56 Å². The van der Waals surface area contributed by atoms with Crippen molar-refractivity contribution in [2.45, 2.75) is 40.5 Å². The van der Waals surface area contributed by atoms with E-state index in [-0.39, 0.29) is 11.3 Å². The third-order valence-electron chi connectivity index (χ3n) is 4.20. The van der Waals surface area contributed by atoms with Crippen LogP contribution in [0.4, 0.5) is 0 Å². The number of hydrogen-bond donors (Lipinski definition) is 0. The lowest BCUT2D eigenvalue weighted by Crippen LogP contribution is -2.24. The molecule has 0 saturated heterocycles. The van der Waals surface area contributed by atoms with Crippen molar-refractivity contribution in [3.05, 3.63) is 70.8 Å². The number of ketones is 2. The van der Waals surface area contributed by atoms with Gasteiger partial charge in [-0.3, -0.25) is 9.59 Å². The highest BCUT2D eigenvalue weighted by atomic mass is 16.2. The molecule has 0 heterocycles. The Balaban J connectivity index is 2.71. The van der Waals surface area contributed by atoms with Crippen LogP contribution < -0.4 is 0 Å². The van der Waals surface area contributed by atoms with Crippen molar-refractivity contribution >= 4 is 11.6 Å². The summed E-state index contributed by atoms with van der Waals surface area (Å²) < 4.78 is 0. The van der Waals surface area contributed by atoms with Crippen LogP contribution in [-0.4, -0.2) is 11.6 Å². The molecule has 0 amide bonds. The number of benzene rings is 2. The Morgan fingerprint density at radius 2 is 1.39 bits per heavy atom. The van der Waals surface area contributed by atoms with E-state index >= 15 is 0 Å². The minimum absolute atomic E-state index is 0.0446. The van der Waals surface area contributed by atoms with Crippen molar-refractivity contribution in [1.29, 1.82) is 0 Å². The van der Waals surface area contributed by atoms with Crippen LogP contribution in [0.5, 0.6) is 0 Å². The summed E-state index contributed by atoms with van der Waals surface area (Å²) in [7, 11) is 0. The van der Waals surface area contributed by atoms with Gasteiger partial charge in [-0.25, -0.2) is 0 Å². The third-order valence-corrected chi connectivity index (χ3v) is 4.20. The van der Waals surface area contributed by atoms with Crippen molar-refractivity contribution in [2.24, 2.45) is 5.41 Å². The largest absolute Gasteiger partial charge is 0.291 e. The zero-order chi connectivity index (χ0) is 17.2. The van der Waals surface area contributed by atoms with Crippen LogP contribution in [0.15, 0.2) is 48.5 Å². The van der Waals surface area contributed by atoms with E-state index < -0.39 is 11.6 Å². The molecule has 120 valence electrons. The first-order valence-electron chi connectivity index (χ1n) is 7.93. The molecule has 0 bridgehead atoms. The van der Waals surface area contributed by atoms with Crippen molar-refractivity contribution in [2.75, 3.05) is 0 Å². The molecular formula is C21H24O2. The lowest BCUT2D eigenvalue weighted by atomic mass is 9.70. The number of Topliss-reactive ketones (excluding diaryl/α,β-unsaturated/α-hetero) is 2. The molecular weight excluding hydrogens is 284 g/mol. The summed E-state index contributed by atoms with van der Waals surface area (Å²) in [5.41, 5.74) is 3.75. The lowest BCUT2D eigenvalue weighted by Gasteiger charge is -2.34. The van der Waals surface area contributed by atoms with Crippen LogP contribution in [-0.2, 0) is 4.79 Å². The highest BCUT2D eigenvalue weighted by Crippen LogP contribution is 2.43. The highest BCUT2D eigenvalue weighted by molar-refractivity contribution is 6.43. The van der Waals surface area contributed by atoms with Gasteiger partial charge in [-0.15, -0.1) is 0 Å². The van der Waals surface area contributed by atoms with Gasteiger partial charge in [0, 0.05) is 18.4 Å². The molecule has 0 aromatic heterocycles. The first-order valence-corrected chi connectivity index (χ1v) is 7.93. The maximum absolute atomic E-state index is 12.4. The average molecular weight is 308 g/mol. The zero-order valence-electron chi connectivity index (χ0n) is 14.5. The normalized spacial score (nSPS) is 12.7. The van der Waals surface area contributed by atoms with Gasteiger partial charge in [0.15, 0.2) is 5.78 Å². The minimum atomic E-state index is -0.421. The summed E-state index contributed by atoms with van der Waals surface area (Å²) >= 11 is 0. The molecule has 2 rings (SSSR count). The molecule has 23 heavy (non-hydrogen) atoms. The standard InChI is InChI=1S/C21H24O2/c1-14-10-6-7-11-16(14)19(21(3,4)5)17-12-8-9-13-18(17)20(23)15(2)22/h6-13,19H,1-5H3. The van der Waals surface area contributed by atoms with E-state index in [9.17, 15) is 9.59 Å². The Morgan fingerprint density at radius 1 is 0.870 bits per heavy atom. The van der Waals surface area contributed by atoms with E-state index in [1.807, 2.05) is 30.3 Å². The van der Waals surface area contributed by atoms with Gasteiger partial charge in [-0.05, 0) is 29.0 Å². The predicted octanol–water partition coefficient (Wildman–Crippen LogP) is 4.94. The van der Waals surface area contributed by atoms with Crippen LogP contribution in [0, 0.1) is 12.3 Å². The molecule has 0 saturated carbocycles. The first kappa shape index (κ1) is 17.1. The molecule has 2 nitrogen and oxygen atoms in total. The van der Waals surface area contributed by atoms with E-state index in [1.54, 1.807) is 6.07 Å². The summed E-state index contributed by atoms with van der Waals surface area (Å²) in [6.45, 7) is 9.92. The first-order chi connectivity index (χ1) is 10.7. The van der Waals surface area contributed by atoms with Crippen molar-refractivity contribution < 1.29 is 9.59 Å². The van der Waals surface area contributed by atoms with Crippen LogP contribution in [0.2, 0.25) is 0 Å². The number of aryl methyl sites for hydroxylation is 1. The summed E-state index contributed by atoms with van der Waals surface area (Å²) in [6, 6.07) is 15.7. The Bertz CT molecular complexity index is 736. The van der Waals surface area contributed by atoms with Gasteiger partial charge in [0.25, 0.3) is 0 Å². The van der Waals surface area contributed by atoms with Crippen LogP contribution in [0.25, 0.3) is 0 Å². The zero-order valence-corrected chi connectivity index (χ0v) is 14.5. The fourth-order valence-corrected chi connectivity index (χ4v) is 3.16. The highest BCUT2D eigenvalue weighted by Gasteiger charge is 2.32. The second kappa shape index (κ2) is 6.49. The van der Waals surface area contributed by atoms with Crippen LogP contribution >= 0.6 is 0 Å². The lowest BCUT2D eigenvalue weighted by molar-refractivity contribution is -0.113. The molecule has 2 heteroatoms. The van der Waals surface area contributed by atoms with Crippen molar-refractivity contribution in [1.82, 2.24) is 0 Å². The maximum atomic E-state index is 12.4. The smallest absolute Gasteiger partial charge is 0.228 e. The summed E-state index contributed by atoms with van der Waals surface area (Å²) in [6.07, 6.45) is 0. The van der Waals surface area contributed by atoms with Gasteiger partial charge in [0.2, 0.25) is 5.78 Å². The fourth-order valence-electron chi connectivity index (χ4n) is 3.16. The Morgan fingerprint density at radius 3 is 1.91 bits per heavy atom. The average Bonchev–Trinajstić information content (AvgIpc) is 2.48. The van der Waals surface area contributed by atoms with E-state index in [1.165, 1.54) is 18.1 Å². The van der Waals surface area contributed by atoms with Gasteiger partial charge in [-0.2, -0.15) is 0 Å². The molecule has 0 N–H and O–H groups in total. The molecule has 0 aliphatic heterocycles. The molecule has 0 radical (unpaired) electrons. The quantitative estimate of drug-likeness (QED) is 0.592. The van der Waals surface area contributed by atoms with Gasteiger partial charge in [0.05, 0.1) is 0 Å². The molecule has 0 aliphatic carbocycles. The Hall–Kier alpha value is -2.22. The summed E-state index contributed by atoms with van der Waals surface area (Å²) in [4.78, 5) is 24.0. The van der Waals surface area contributed by atoms with Gasteiger partial charge in [-0.1, -0.05) is 69.3 Å². The minimum Gasteiger partial charge on any atom is -0.291 e. The van der Waals surface area contributed by atoms with Crippen molar-refractivity contribution in [3.8, 4) is 0 Å². The third kappa shape index (κ3) is 3.58. The van der Waals surface area contributed by atoms with Crippen LogP contribution in [0.1, 0.15) is 60.7 Å². The number of carbonyl (C=O) groups is 2. The molecule has 1 atom stereocenters. The number of hydrogen-bond acceptors (Lipinski definition) is 2. The van der Waals surface area contributed by atoms with Crippen LogP contribution in [0.3, 0.4) is 0 Å². The number of rotatable bonds is 4. The predicted molar refractivity (Wildman–Crippen MR) is 93.9 cm³/mol. The molecule has 0 aliphatic rings. The second-order valence-electron chi connectivity index (χ2n) is 7.13. The number of carbonyl (C=O) groups excluding carboxylic acids is 2. The Kier molecular flexibility index (Phi) is 4.84. The fraction of sp³-hybridized carbons (Fsp3) is 0.333. The van der Waals surface area contributed by atoms with Gasteiger partial charge >= 0.3 is 0 Å². The molecule has 1 unspecified atom stereocenters. The maximum Gasteiger partial charge on any atom is 0.228 e. The van der Waals surface area contributed by atoms with E-state index in [0.717, 1.165) is 5.56 Å². The monoisotopic (exact) mass is 308 g/mol. The van der Waals surface area contributed by atoms with Gasteiger partial charge in [0.1, 0.15) is 0 Å². The topological polar surface area (TPSA) is 34.1 Å². The van der Waals surface area contributed by atoms with Crippen molar-refractivity contribution in [3.63, 3.8) is 0 Å². The summed E-state index contributed by atoms with van der Waals surface area (Å²) in [5.74, 6) is -0.790. The summed E-state index contributed by atoms with van der Waals surface area (Å²) in [5, 5.41) is 0. The SMILES string of the molecule is CC(=O)C(=O)c1ccccc1C(c1ccccc1C)C(C)(C)C. The molecule has 2 aromatic rings. The van der Waals surface area contributed by atoms with E-state index in [2.05, 4.69) is 39.8 Å². The van der Waals surface area contributed by atoms with Gasteiger partial charge < -0.3 is 0 Å². The Labute approximate surface area is 138 Å². The molecule has 0 spiro atoms. The second-order valence-corrected chi connectivity index (χ2v) is 7.13. The molecule has 0 fully saturated rings. The van der Waals surface area contributed by atoms with E-state index in [4.69, 9.17) is 0 Å². The molecule has 2 aromatic carbocycles.